The minimum atomic E-state index is -1.13. The molecule has 0 aromatic carbocycles. The molecule has 0 unspecified atom stereocenters. The van der Waals surface area contributed by atoms with Crippen LogP contribution < -0.4 is 0 Å². The zero-order chi connectivity index (χ0) is 14.0. The van der Waals surface area contributed by atoms with Gasteiger partial charge in [-0.3, -0.25) is 0 Å². The lowest BCUT2D eigenvalue weighted by molar-refractivity contribution is -0.132. The first-order valence-corrected chi connectivity index (χ1v) is 6.39. The summed E-state index contributed by atoms with van der Waals surface area (Å²) in [6, 6.07) is 0. The fourth-order valence-corrected chi connectivity index (χ4v) is 1.76. The Bertz CT molecular complexity index is 340. The Morgan fingerprint density at radius 3 is 2.11 bits per heavy atom. The summed E-state index contributed by atoms with van der Waals surface area (Å²) in [5.41, 5.74) is 0.938. The summed E-state index contributed by atoms with van der Waals surface area (Å²) in [5, 5.41) is 17.6. The van der Waals surface area contributed by atoms with Crippen LogP contribution in [0.5, 0.6) is 0 Å². The fraction of sp³-hybridized carbons (Fsp3) is 0.571. The van der Waals surface area contributed by atoms with E-state index in [9.17, 15) is 9.59 Å². The normalized spacial score (nSPS) is 12.6. The number of rotatable bonds is 9. The van der Waals surface area contributed by atoms with Gasteiger partial charge < -0.3 is 10.2 Å². The van der Waals surface area contributed by atoms with Gasteiger partial charge in [0.05, 0.1) is 5.57 Å². The van der Waals surface area contributed by atoms with Crippen LogP contribution in [0.25, 0.3) is 0 Å². The van der Waals surface area contributed by atoms with Crippen molar-refractivity contribution >= 4 is 11.9 Å². The van der Waals surface area contributed by atoms with Gasteiger partial charge in [0.1, 0.15) is 0 Å². The number of carbonyl (C=O) groups is 2. The molecule has 0 aliphatic rings. The highest BCUT2D eigenvalue weighted by atomic mass is 16.4. The second kappa shape index (κ2) is 9.45. The van der Waals surface area contributed by atoms with Gasteiger partial charge in [-0.25, -0.2) is 9.59 Å². The predicted octanol–water partition coefficient (Wildman–Crippen LogP) is 3.39. The maximum atomic E-state index is 11.1. The van der Waals surface area contributed by atoms with Gasteiger partial charge in [-0.05, 0) is 25.3 Å². The number of carboxylic acid groups (broad SMARTS) is 2. The summed E-state index contributed by atoms with van der Waals surface area (Å²) in [4.78, 5) is 21.5. The highest BCUT2D eigenvalue weighted by molar-refractivity contribution is 5.93. The monoisotopic (exact) mass is 254 g/mol. The highest BCUT2D eigenvalue weighted by Crippen LogP contribution is 2.18. The molecule has 18 heavy (non-hydrogen) atoms. The standard InChI is InChI=1S/C14H22O4/c1-3-5-6-7-8-11(4-2)12(14(17)18)9-10-13(15)16/h9-10H,3-8H2,1-2H3,(H,15,16)(H,17,18). The number of carboxylic acids is 2. The minimum absolute atomic E-state index is 0.122. The molecule has 4 heteroatoms. The molecule has 0 aromatic heterocycles. The van der Waals surface area contributed by atoms with Gasteiger partial charge in [-0.1, -0.05) is 38.7 Å². The molecule has 0 aliphatic carbocycles. The van der Waals surface area contributed by atoms with Gasteiger partial charge in [0.15, 0.2) is 0 Å². The first-order chi connectivity index (χ1) is 8.52. The lowest BCUT2D eigenvalue weighted by Crippen LogP contribution is -2.03. The maximum Gasteiger partial charge on any atom is 0.335 e. The second-order valence-corrected chi connectivity index (χ2v) is 4.16. The van der Waals surface area contributed by atoms with Gasteiger partial charge in [0.2, 0.25) is 0 Å². The summed E-state index contributed by atoms with van der Waals surface area (Å²) < 4.78 is 0. The van der Waals surface area contributed by atoms with Crippen LogP contribution >= 0.6 is 0 Å². The Morgan fingerprint density at radius 2 is 1.67 bits per heavy atom. The first-order valence-electron chi connectivity index (χ1n) is 6.39. The van der Waals surface area contributed by atoms with E-state index in [0.717, 1.165) is 43.8 Å². The smallest absolute Gasteiger partial charge is 0.335 e. The van der Waals surface area contributed by atoms with Gasteiger partial charge in [-0.15, -0.1) is 0 Å². The third kappa shape index (κ3) is 6.89. The van der Waals surface area contributed by atoms with Crippen LogP contribution in [0.3, 0.4) is 0 Å². The molecule has 0 aromatic rings. The molecule has 0 amide bonds. The predicted molar refractivity (Wildman–Crippen MR) is 70.5 cm³/mol. The Balaban J connectivity index is 4.77. The molecular weight excluding hydrogens is 232 g/mol. The zero-order valence-corrected chi connectivity index (χ0v) is 11.1. The van der Waals surface area contributed by atoms with Crippen LogP contribution in [0.15, 0.2) is 23.3 Å². The minimum Gasteiger partial charge on any atom is -0.478 e. The second-order valence-electron chi connectivity index (χ2n) is 4.16. The molecule has 0 rings (SSSR count). The van der Waals surface area contributed by atoms with Gasteiger partial charge in [-0.2, -0.15) is 0 Å². The number of hydrogen-bond acceptors (Lipinski definition) is 2. The van der Waals surface area contributed by atoms with E-state index in [1.165, 1.54) is 6.08 Å². The molecule has 0 atom stereocenters. The molecule has 0 saturated carbocycles. The quantitative estimate of drug-likeness (QED) is 0.376. The van der Waals surface area contributed by atoms with Crippen molar-refractivity contribution in [2.45, 2.75) is 52.4 Å². The van der Waals surface area contributed by atoms with Crippen molar-refractivity contribution < 1.29 is 19.8 Å². The number of allylic oxidation sites excluding steroid dienone is 1. The molecule has 0 bridgehead atoms. The first kappa shape index (κ1) is 16.4. The van der Waals surface area contributed by atoms with Crippen LogP contribution in [0.2, 0.25) is 0 Å². The van der Waals surface area contributed by atoms with Gasteiger partial charge in [0, 0.05) is 6.08 Å². The number of hydrogen-bond donors (Lipinski definition) is 2. The average Bonchev–Trinajstić information content (AvgIpc) is 2.31. The Morgan fingerprint density at radius 1 is 1.00 bits per heavy atom. The molecule has 0 heterocycles. The van der Waals surface area contributed by atoms with E-state index >= 15 is 0 Å². The average molecular weight is 254 g/mol. The lowest BCUT2D eigenvalue weighted by Gasteiger charge is -2.07. The topological polar surface area (TPSA) is 74.6 Å². The largest absolute Gasteiger partial charge is 0.478 e. The maximum absolute atomic E-state index is 11.1. The molecule has 102 valence electrons. The summed E-state index contributed by atoms with van der Waals surface area (Å²) in [5.74, 6) is -2.19. The molecule has 0 saturated heterocycles. The molecule has 0 radical (unpaired) electrons. The van der Waals surface area contributed by atoms with Crippen LogP contribution in [-0.4, -0.2) is 22.2 Å². The van der Waals surface area contributed by atoms with E-state index < -0.39 is 11.9 Å². The Kier molecular flexibility index (Phi) is 8.62. The van der Waals surface area contributed by atoms with Crippen molar-refractivity contribution in [2.75, 3.05) is 0 Å². The van der Waals surface area contributed by atoms with Crippen molar-refractivity contribution in [3.05, 3.63) is 23.3 Å². The van der Waals surface area contributed by atoms with E-state index in [1.807, 2.05) is 6.92 Å². The van der Waals surface area contributed by atoms with Crippen LogP contribution in [-0.2, 0) is 9.59 Å². The van der Waals surface area contributed by atoms with Crippen LogP contribution in [0.4, 0.5) is 0 Å². The highest BCUT2D eigenvalue weighted by Gasteiger charge is 2.10. The van der Waals surface area contributed by atoms with E-state index in [4.69, 9.17) is 10.2 Å². The number of aliphatic carboxylic acids is 2. The summed E-state index contributed by atoms with van der Waals surface area (Å²) in [6.45, 7) is 4.02. The van der Waals surface area contributed by atoms with Gasteiger partial charge >= 0.3 is 11.9 Å². The zero-order valence-electron chi connectivity index (χ0n) is 11.1. The molecule has 0 fully saturated rings. The summed E-state index contributed by atoms with van der Waals surface area (Å²) in [7, 11) is 0. The summed E-state index contributed by atoms with van der Waals surface area (Å²) >= 11 is 0. The van der Waals surface area contributed by atoms with Crippen molar-refractivity contribution in [3.63, 3.8) is 0 Å². The van der Waals surface area contributed by atoms with Crippen molar-refractivity contribution in [1.82, 2.24) is 0 Å². The van der Waals surface area contributed by atoms with Gasteiger partial charge in [0.25, 0.3) is 0 Å². The van der Waals surface area contributed by atoms with Crippen molar-refractivity contribution in [3.8, 4) is 0 Å². The fourth-order valence-electron chi connectivity index (χ4n) is 1.76. The third-order valence-electron chi connectivity index (χ3n) is 2.76. The molecule has 2 N–H and O–H groups in total. The molecule has 0 spiro atoms. The summed E-state index contributed by atoms with van der Waals surface area (Å²) in [6.07, 6.45) is 7.73. The molecular formula is C14H22O4. The van der Waals surface area contributed by atoms with Crippen molar-refractivity contribution in [2.24, 2.45) is 0 Å². The number of unbranched alkanes of at least 4 members (excludes halogenated alkanes) is 3. The Labute approximate surface area is 108 Å². The SMILES string of the molecule is CCCCCCC(CC)=C(C=CC(=O)O)C(=O)O. The Hall–Kier alpha value is -1.58. The lowest BCUT2D eigenvalue weighted by atomic mass is 9.98. The van der Waals surface area contributed by atoms with Crippen LogP contribution in [0, 0.1) is 0 Å². The molecule has 4 nitrogen and oxygen atoms in total. The third-order valence-corrected chi connectivity index (χ3v) is 2.76. The van der Waals surface area contributed by atoms with E-state index in [2.05, 4.69) is 6.92 Å². The van der Waals surface area contributed by atoms with E-state index in [1.54, 1.807) is 0 Å². The van der Waals surface area contributed by atoms with Crippen molar-refractivity contribution in [1.29, 1.82) is 0 Å². The molecule has 0 aliphatic heterocycles. The van der Waals surface area contributed by atoms with E-state index in [0.29, 0.717) is 6.42 Å². The van der Waals surface area contributed by atoms with Crippen LogP contribution in [0.1, 0.15) is 52.4 Å². The van der Waals surface area contributed by atoms with E-state index in [-0.39, 0.29) is 5.57 Å².